The fourth-order valence-corrected chi connectivity index (χ4v) is 2.69. The largest absolute Gasteiger partial charge is 0.482 e. The minimum atomic E-state index is -0.292. The van der Waals surface area contributed by atoms with Gasteiger partial charge >= 0.3 is 0 Å². The van der Waals surface area contributed by atoms with Gasteiger partial charge < -0.3 is 10.1 Å². The average molecular weight is 393 g/mol. The van der Waals surface area contributed by atoms with Crippen LogP contribution in [-0.2, 0) is 4.79 Å². The van der Waals surface area contributed by atoms with Gasteiger partial charge in [-0.15, -0.1) is 0 Å². The second-order valence-electron chi connectivity index (χ2n) is 4.83. The van der Waals surface area contributed by atoms with Crippen LogP contribution in [0.15, 0.2) is 36.4 Å². The molecule has 1 N–H and O–H groups in total. The molecule has 0 fully saturated rings. The van der Waals surface area contributed by atoms with Crippen molar-refractivity contribution in [1.29, 1.82) is 0 Å². The lowest BCUT2D eigenvalue weighted by atomic mass is 10.1. The fraction of sp³-hybridized carbons (Fsp3) is 0.188. The summed E-state index contributed by atoms with van der Waals surface area (Å²) in [5.74, 6) is 0.00578. The molecule has 0 aromatic heterocycles. The molecule has 2 rings (SSSR count). The highest BCUT2D eigenvalue weighted by molar-refractivity contribution is 6.43. The van der Waals surface area contributed by atoms with Crippen molar-refractivity contribution < 1.29 is 9.53 Å². The van der Waals surface area contributed by atoms with E-state index in [2.05, 4.69) is 5.32 Å². The Morgan fingerprint density at radius 3 is 2.48 bits per heavy atom. The number of carbonyl (C=O) groups is 1. The van der Waals surface area contributed by atoms with Gasteiger partial charge in [0.05, 0.1) is 21.1 Å². The molecule has 0 aliphatic carbocycles. The first kappa shape index (κ1) is 18.2. The third-order valence-corrected chi connectivity index (χ3v) is 4.31. The number of carbonyl (C=O) groups excluding carboxylic acids is 1. The average Bonchev–Trinajstić information content (AvgIpc) is 2.49. The maximum Gasteiger partial charge on any atom is 0.258 e. The van der Waals surface area contributed by atoms with Gasteiger partial charge in [-0.05, 0) is 30.7 Å². The Morgan fingerprint density at radius 1 is 1.09 bits per heavy atom. The molecular formula is C16H13Cl4NO2. The number of benzene rings is 2. The van der Waals surface area contributed by atoms with Crippen molar-refractivity contribution in [1.82, 2.24) is 5.32 Å². The molecule has 1 amide bonds. The van der Waals surface area contributed by atoms with E-state index in [9.17, 15) is 4.79 Å². The summed E-state index contributed by atoms with van der Waals surface area (Å²) in [6, 6.07) is 10.0. The second-order valence-corrected chi connectivity index (χ2v) is 6.49. The number of hydrogen-bond donors (Lipinski definition) is 1. The highest BCUT2D eigenvalue weighted by Gasteiger charge is 2.12. The van der Waals surface area contributed by atoms with E-state index < -0.39 is 0 Å². The molecule has 122 valence electrons. The van der Waals surface area contributed by atoms with Crippen LogP contribution in [0, 0.1) is 0 Å². The van der Waals surface area contributed by atoms with Gasteiger partial charge in [0.25, 0.3) is 5.91 Å². The van der Waals surface area contributed by atoms with Gasteiger partial charge in [-0.3, -0.25) is 4.79 Å². The zero-order valence-corrected chi connectivity index (χ0v) is 15.1. The van der Waals surface area contributed by atoms with E-state index in [4.69, 9.17) is 51.1 Å². The minimum absolute atomic E-state index is 0.192. The molecule has 0 heterocycles. The topological polar surface area (TPSA) is 38.3 Å². The Hall–Kier alpha value is -1.13. The number of ether oxygens (including phenoxy) is 1. The predicted molar refractivity (Wildman–Crippen MR) is 95.0 cm³/mol. The summed E-state index contributed by atoms with van der Waals surface area (Å²) in [5, 5.41) is 4.34. The van der Waals surface area contributed by atoms with Gasteiger partial charge in [0.15, 0.2) is 6.61 Å². The van der Waals surface area contributed by atoms with Crippen LogP contribution in [0.1, 0.15) is 18.5 Å². The molecule has 1 atom stereocenters. The summed E-state index contributed by atoms with van der Waals surface area (Å²) in [5.41, 5.74) is 0.901. The van der Waals surface area contributed by atoms with Gasteiger partial charge in [-0.1, -0.05) is 58.5 Å². The SMILES string of the molecule is C[C@H](NC(=O)COc1cc(Cl)c(Cl)cc1Cl)c1cccc(Cl)c1. The molecule has 0 spiro atoms. The van der Waals surface area contributed by atoms with E-state index in [1.807, 2.05) is 19.1 Å². The summed E-state index contributed by atoms with van der Waals surface area (Å²) in [4.78, 5) is 12.0. The Balaban J connectivity index is 1.94. The molecular weight excluding hydrogens is 380 g/mol. The van der Waals surface area contributed by atoms with Gasteiger partial charge in [0.1, 0.15) is 5.75 Å². The van der Waals surface area contributed by atoms with E-state index >= 15 is 0 Å². The molecule has 3 nitrogen and oxygen atoms in total. The van der Waals surface area contributed by atoms with Crippen LogP contribution in [0.2, 0.25) is 20.1 Å². The summed E-state index contributed by atoms with van der Waals surface area (Å²) in [7, 11) is 0. The van der Waals surface area contributed by atoms with Crippen LogP contribution in [-0.4, -0.2) is 12.5 Å². The molecule has 2 aromatic rings. The summed E-state index contributed by atoms with van der Waals surface area (Å²) >= 11 is 23.7. The Kier molecular flexibility index (Phi) is 6.42. The highest BCUT2D eigenvalue weighted by atomic mass is 35.5. The number of rotatable bonds is 5. The van der Waals surface area contributed by atoms with Crippen LogP contribution in [0.4, 0.5) is 0 Å². The first-order valence-electron chi connectivity index (χ1n) is 6.69. The molecule has 0 saturated heterocycles. The number of amides is 1. The Morgan fingerprint density at radius 2 is 1.78 bits per heavy atom. The first-order valence-corrected chi connectivity index (χ1v) is 8.20. The van der Waals surface area contributed by atoms with Gasteiger partial charge in [0.2, 0.25) is 0 Å². The highest BCUT2D eigenvalue weighted by Crippen LogP contribution is 2.33. The lowest BCUT2D eigenvalue weighted by Crippen LogP contribution is -2.31. The van der Waals surface area contributed by atoms with Crippen LogP contribution < -0.4 is 10.1 Å². The Labute approximate surface area is 154 Å². The summed E-state index contributed by atoms with van der Waals surface area (Å²) in [6.45, 7) is 1.66. The van der Waals surface area contributed by atoms with Gasteiger partial charge in [-0.25, -0.2) is 0 Å². The predicted octanol–water partition coefficient (Wildman–Crippen LogP) is 5.56. The molecule has 2 aromatic carbocycles. The summed E-state index contributed by atoms with van der Waals surface area (Å²) < 4.78 is 5.38. The summed E-state index contributed by atoms with van der Waals surface area (Å²) in [6.07, 6.45) is 0. The van der Waals surface area contributed by atoms with Crippen molar-refractivity contribution >= 4 is 52.3 Å². The number of halogens is 4. The van der Waals surface area contributed by atoms with E-state index in [1.54, 1.807) is 12.1 Å². The molecule has 0 aliphatic rings. The van der Waals surface area contributed by atoms with Crippen molar-refractivity contribution in [3.63, 3.8) is 0 Å². The molecule has 0 aliphatic heterocycles. The normalized spacial score (nSPS) is 11.9. The monoisotopic (exact) mass is 391 g/mol. The molecule has 0 saturated carbocycles. The van der Waals surface area contributed by atoms with E-state index in [0.717, 1.165) is 5.56 Å². The minimum Gasteiger partial charge on any atom is -0.482 e. The van der Waals surface area contributed by atoms with Crippen molar-refractivity contribution in [2.45, 2.75) is 13.0 Å². The third-order valence-electron chi connectivity index (χ3n) is 3.06. The number of nitrogens with one attached hydrogen (secondary N) is 1. The van der Waals surface area contributed by atoms with E-state index in [0.29, 0.717) is 20.8 Å². The lowest BCUT2D eigenvalue weighted by molar-refractivity contribution is -0.123. The molecule has 0 bridgehead atoms. The molecule has 0 unspecified atom stereocenters. The Bertz CT molecular complexity index is 721. The van der Waals surface area contributed by atoms with Crippen LogP contribution in [0.3, 0.4) is 0 Å². The standard InChI is InChI=1S/C16H13Cl4NO2/c1-9(10-3-2-4-11(17)5-10)21-16(22)8-23-15-7-13(19)12(18)6-14(15)20/h2-7,9H,8H2,1H3,(H,21,22)/t9-/m0/s1. The maximum atomic E-state index is 12.0. The third kappa shape index (κ3) is 5.18. The number of hydrogen-bond acceptors (Lipinski definition) is 2. The van der Waals surface area contributed by atoms with Gasteiger partial charge in [-0.2, -0.15) is 0 Å². The van der Waals surface area contributed by atoms with Crippen molar-refractivity contribution in [3.8, 4) is 5.75 Å². The van der Waals surface area contributed by atoms with Crippen LogP contribution in [0.5, 0.6) is 5.75 Å². The molecule has 7 heteroatoms. The quantitative estimate of drug-likeness (QED) is 0.676. The maximum absolute atomic E-state index is 12.0. The van der Waals surface area contributed by atoms with Gasteiger partial charge in [0, 0.05) is 11.1 Å². The van der Waals surface area contributed by atoms with E-state index in [1.165, 1.54) is 12.1 Å². The first-order chi connectivity index (χ1) is 10.9. The fourth-order valence-electron chi connectivity index (χ4n) is 1.90. The molecule has 0 radical (unpaired) electrons. The van der Waals surface area contributed by atoms with Crippen molar-refractivity contribution in [3.05, 3.63) is 62.1 Å². The smallest absolute Gasteiger partial charge is 0.258 e. The lowest BCUT2D eigenvalue weighted by Gasteiger charge is -2.15. The van der Waals surface area contributed by atoms with Crippen LogP contribution in [0.25, 0.3) is 0 Å². The van der Waals surface area contributed by atoms with E-state index in [-0.39, 0.29) is 23.6 Å². The molecule has 23 heavy (non-hydrogen) atoms. The zero-order chi connectivity index (χ0) is 17.0. The van der Waals surface area contributed by atoms with Crippen LogP contribution >= 0.6 is 46.4 Å². The van der Waals surface area contributed by atoms with Crippen molar-refractivity contribution in [2.75, 3.05) is 6.61 Å². The second kappa shape index (κ2) is 8.11. The zero-order valence-electron chi connectivity index (χ0n) is 12.1. The van der Waals surface area contributed by atoms with Crippen molar-refractivity contribution in [2.24, 2.45) is 0 Å².